The summed E-state index contributed by atoms with van der Waals surface area (Å²) in [6.07, 6.45) is 13.2. The highest BCUT2D eigenvalue weighted by atomic mass is 15.2. The van der Waals surface area contributed by atoms with Crippen molar-refractivity contribution in [3.05, 3.63) is 235 Å². The molecule has 0 heterocycles. The van der Waals surface area contributed by atoms with Crippen molar-refractivity contribution in [3.63, 3.8) is 0 Å². The summed E-state index contributed by atoms with van der Waals surface area (Å²) >= 11 is 0. The van der Waals surface area contributed by atoms with Gasteiger partial charge >= 0.3 is 0 Å². The maximum absolute atomic E-state index is 2.48. The molecule has 0 aliphatic heterocycles. The van der Waals surface area contributed by atoms with Gasteiger partial charge in [0, 0.05) is 34.1 Å². The molecule has 60 heavy (non-hydrogen) atoms. The molecule has 0 amide bonds. The monoisotopic (exact) mass is 768 g/mol. The third kappa shape index (κ3) is 6.47. The number of aryl methyl sites for hydroxylation is 1. The largest absolute Gasteiger partial charge is 0.314 e. The van der Waals surface area contributed by atoms with Crippen LogP contribution < -0.4 is 9.80 Å². The van der Waals surface area contributed by atoms with Gasteiger partial charge in [-0.3, -0.25) is 0 Å². The first-order chi connectivity index (χ1) is 29.8. The molecule has 0 bridgehead atoms. The fourth-order valence-corrected chi connectivity index (χ4v) is 9.55. The van der Waals surface area contributed by atoms with Gasteiger partial charge in [0.15, 0.2) is 0 Å². The van der Waals surface area contributed by atoms with Crippen LogP contribution in [0.5, 0.6) is 0 Å². The van der Waals surface area contributed by atoms with Crippen molar-refractivity contribution in [2.45, 2.75) is 25.7 Å². The first kappa shape index (κ1) is 35.7. The Morgan fingerprint density at radius 3 is 1.70 bits per heavy atom. The SMILES string of the molecule is C1=CCCC(N(c2ccccc2)c2ccc3c(-c4ccccc4)c4cc(N(c5ccccc5)c5ccc6ccccc6c5)ccc4c(C4=Cc5ccccc5CC4)c3c2)=C1. The summed E-state index contributed by atoms with van der Waals surface area (Å²) in [4.78, 5) is 4.88. The Kier molecular flexibility index (Phi) is 9.17. The molecule has 9 aromatic carbocycles. The van der Waals surface area contributed by atoms with Gasteiger partial charge in [-0.15, -0.1) is 0 Å². The van der Waals surface area contributed by atoms with E-state index in [1.165, 1.54) is 82.8 Å². The topological polar surface area (TPSA) is 6.48 Å². The highest BCUT2D eigenvalue weighted by Crippen LogP contribution is 2.48. The first-order valence-electron chi connectivity index (χ1n) is 21.2. The minimum absolute atomic E-state index is 0.976. The summed E-state index contributed by atoms with van der Waals surface area (Å²) in [7, 11) is 0. The van der Waals surface area contributed by atoms with Crippen LogP contribution in [-0.4, -0.2) is 0 Å². The van der Waals surface area contributed by atoms with Gasteiger partial charge in [-0.05, 0) is 158 Å². The lowest BCUT2D eigenvalue weighted by Gasteiger charge is -2.30. The molecular formula is C58H44N2. The Morgan fingerprint density at radius 1 is 0.383 bits per heavy atom. The van der Waals surface area contributed by atoms with E-state index in [1.807, 2.05) is 0 Å². The Balaban J connectivity index is 1.22. The van der Waals surface area contributed by atoms with E-state index in [1.54, 1.807) is 0 Å². The molecule has 0 saturated heterocycles. The number of hydrogen-bond donors (Lipinski definition) is 0. The number of benzene rings is 9. The van der Waals surface area contributed by atoms with Crippen LogP contribution in [-0.2, 0) is 6.42 Å². The highest BCUT2D eigenvalue weighted by Gasteiger charge is 2.24. The van der Waals surface area contributed by atoms with Gasteiger partial charge < -0.3 is 9.80 Å². The number of allylic oxidation sites excluding steroid dienone is 5. The number of rotatable bonds is 8. The zero-order valence-electron chi connectivity index (χ0n) is 33.5. The van der Waals surface area contributed by atoms with Gasteiger partial charge in [-0.2, -0.15) is 0 Å². The molecule has 2 nitrogen and oxygen atoms in total. The molecule has 2 aliphatic rings. The predicted octanol–water partition coefficient (Wildman–Crippen LogP) is 16.1. The lowest BCUT2D eigenvalue weighted by atomic mass is 9.81. The molecule has 0 atom stereocenters. The molecule has 0 saturated carbocycles. The van der Waals surface area contributed by atoms with Crippen molar-refractivity contribution < 1.29 is 0 Å². The molecule has 0 radical (unpaired) electrons. The van der Waals surface area contributed by atoms with E-state index >= 15 is 0 Å². The van der Waals surface area contributed by atoms with Crippen LogP contribution in [0.4, 0.5) is 28.4 Å². The van der Waals surface area contributed by atoms with Crippen LogP contribution >= 0.6 is 0 Å². The minimum Gasteiger partial charge on any atom is -0.314 e. The second-order valence-corrected chi connectivity index (χ2v) is 15.9. The van der Waals surface area contributed by atoms with E-state index < -0.39 is 0 Å². The summed E-state index contributed by atoms with van der Waals surface area (Å²) < 4.78 is 0. The molecular weight excluding hydrogens is 725 g/mol. The number of anilines is 5. The number of nitrogens with zero attached hydrogens (tertiary/aromatic N) is 2. The van der Waals surface area contributed by atoms with Crippen molar-refractivity contribution in [2.75, 3.05) is 9.80 Å². The minimum atomic E-state index is 0.976. The van der Waals surface area contributed by atoms with E-state index in [4.69, 9.17) is 0 Å². The van der Waals surface area contributed by atoms with Crippen LogP contribution in [0.3, 0.4) is 0 Å². The van der Waals surface area contributed by atoms with E-state index in [0.29, 0.717) is 0 Å². The molecule has 0 N–H and O–H groups in total. The summed E-state index contributed by atoms with van der Waals surface area (Å²) in [6, 6.07) is 71.4. The van der Waals surface area contributed by atoms with Crippen molar-refractivity contribution in [1.29, 1.82) is 0 Å². The van der Waals surface area contributed by atoms with E-state index in [0.717, 1.165) is 42.7 Å². The molecule has 0 aromatic heterocycles. The van der Waals surface area contributed by atoms with Crippen molar-refractivity contribution in [3.8, 4) is 11.1 Å². The normalized spacial score (nSPS) is 13.5. The van der Waals surface area contributed by atoms with Gasteiger partial charge in [-0.1, -0.05) is 152 Å². The standard InChI is InChI=1S/C58H44N2/c1-5-19-43(20-6-1)57-53-35-33-51(59(47-23-7-2-8-24-47)48-25-9-3-10-26-48)39-56(53)58(46-30-29-41-17-13-15-21-44(41)37-46)54-36-34-52(40-55(54)57)60(49-27-11-4-12-28-49)50-32-31-42-18-14-16-22-45(42)38-50/h1-9,11-25,27-28,31-40H,10,26,29-30H2. The fourth-order valence-electron chi connectivity index (χ4n) is 9.55. The number of para-hydroxylation sites is 2. The third-order valence-corrected chi connectivity index (χ3v) is 12.3. The summed E-state index contributed by atoms with van der Waals surface area (Å²) in [5, 5.41) is 7.51. The third-order valence-electron chi connectivity index (χ3n) is 12.3. The first-order valence-corrected chi connectivity index (χ1v) is 21.2. The van der Waals surface area contributed by atoms with E-state index in [9.17, 15) is 0 Å². The van der Waals surface area contributed by atoms with Crippen LogP contribution in [0.2, 0.25) is 0 Å². The molecule has 0 fully saturated rings. The molecule has 2 aliphatic carbocycles. The van der Waals surface area contributed by atoms with Crippen molar-refractivity contribution in [2.24, 2.45) is 0 Å². The van der Waals surface area contributed by atoms with Crippen LogP contribution in [0.1, 0.15) is 36.0 Å². The Hall–Kier alpha value is -7.42. The zero-order chi connectivity index (χ0) is 39.8. The fraction of sp³-hybridized carbons (Fsp3) is 0.0690. The Morgan fingerprint density at radius 2 is 0.967 bits per heavy atom. The lowest BCUT2D eigenvalue weighted by Crippen LogP contribution is -2.17. The highest BCUT2D eigenvalue weighted by molar-refractivity contribution is 6.21. The zero-order valence-corrected chi connectivity index (χ0v) is 33.5. The smallest absolute Gasteiger partial charge is 0.0468 e. The lowest BCUT2D eigenvalue weighted by molar-refractivity contribution is 0.918. The molecule has 2 heteroatoms. The molecule has 9 aromatic rings. The van der Waals surface area contributed by atoms with E-state index in [-0.39, 0.29) is 0 Å². The summed E-state index contributed by atoms with van der Waals surface area (Å²) in [6.45, 7) is 0. The Labute approximate surface area is 352 Å². The average Bonchev–Trinajstić information content (AvgIpc) is 3.32. The van der Waals surface area contributed by atoms with Gasteiger partial charge in [0.05, 0.1) is 0 Å². The second kappa shape index (κ2) is 15.4. The molecule has 0 unspecified atom stereocenters. The molecule has 11 rings (SSSR count). The maximum Gasteiger partial charge on any atom is 0.0468 e. The van der Waals surface area contributed by atoms with Crippen molar-refractivity contribution in [1.82, 2.24) is 0 Å². The molecule has 0 spiro atoms. The van der Waals surface area contributed by atoms with Gasteiger partial charge in [0.25, 0.3) is 0 Å². The van der Waals surface area contributed by atoms with Crippen LogP contribution in [0.25, 0.3) is 55.1 Å². The summed E-state index contributed by atoms with van der Waals surface area (Å²) in [5.41, 5.74) is 14.9. The quantitative estimate of drug-likeness (QED) is 0.142. The van der Waals surface area contributed by atoms with E-state index in [2.05, 4.69) is 228 Å². The Bertz CT molecular complexity index is 3140. The van der Waals surface area contributed by atoms with Gasteiger partial charge in [0.2, 0.25) is 0 Å². The average molecular weight is 769 g/mol. The second-order valence-electron chi connectivity index (χ2n) is 15.9. The van der Waals surface area contributed by atoms with Crippen LogP contribution in [0.15, 0.2) is 218 Å². The summed E-state index contributed by atoms with van der Waals surface area (Å²) in [5.74, 6) is 0. The van der Waals surface area contributed by atoms with Gasteiger partial charge in [-0.25, -0.2) is 0 Å². The molecule has 286 valence electrons. The number of hydrogen-bond acceptors (Lipinski definition) is 2. The van der Waals surface area contributed by atoms with Gasteiger partial charge in [0.1, 0.15) is 0 Å². The predicted molar refractivity (Wildman–Crippen MR) is 257 cm³/mol. The maximum atomic E-state index is 2.48. The van der Waals surface area contributed by atoms with Crippen molar-refractivity contribution >= 4 is 72.4 Å². The van der Waals surface area contributed by atoms with Crippen LogP contribution in [0, 0.1) is 0 Å². The number of fused-ring (bicyclic) bond motifs is 4.